The number of ether oxygens (including phenoxy) is 2. The Morgan fingerprint density at radius 3 is 2.43 bits per heavy atom. The smallest absolute Gasteiger partial charge is 0.325 e. The molecule has 5 nitrogen and oxygen atoms in total. The van der Waals surface area contributed by atoms with Gasteiger partial charge in [0.05, 0.1) is 6.10 Å². The van der Waals surface area contributed by atoms with Crippen LogP contribution in [0.2, 0.25) is 5.02 Å². The summed E-state index contributed by atoms with van der Waals surface area (Å²) in [7, 11) is 0. The molecule has 0 aliphatic carbocycles. The molecule has 0 aliphatic heterocycles. The predicted octanol–water partition coefficient (Wildman–Crippen LogP) is 3.22. The van der Waals surface area contributed by atoms with E-state index in [4.69, 9.17) is 21.1 Å². The summed E-state index contributed by atoms with van der Waals surface area (Å²) in [4.78, 5) is 23.1. The number of esters is 1. The van der Waals surface area contributed by atoms with Crippen molar-refractivity contribution in [3.8, 4) is 5.75 Å². The van der Waals surface area contributed by atoms with Crippen LogP contribution in [0.1, 0.15) is 44.7 Å². The predicted molar refractivity (Wildman–Crippen MR) is 90.0 cm³/mol. The van der Waals surface area contributed by atoms with Crippen LogP contribution in [0.25, 0.3) is 0 Å². The first-order valence-corrected chi connectivity index (χ1v) is 7.97. The van der Waals surface area contributed by atoms with Crippen LogP contribution >= 0.6 is 11.6 Å². The number of hydrogen-bond acceptors (Lipinski definition) is 4. The third-order valence-electron chi connectivity index (χ3n) is 3.07. The topological polar surface area (TPSA) is 64.6 Å². The van der Waals surface area contributed by atoms with E-state index in [1.807, 2.05) is 32.9 Å². The van der Waals surface area contributed by atoms with Gasteiger partial charge in [0.2, 0.25) is 0 Å². The third kappa shape index (κ3) is 6.48. The van der Waals surface area contributed by atoms with E-state index in [-0.39, 0.29) is 31.1 Å². The fourth-order valence-electron chi connectivity index (χ4n) is 1.92. The lowest BCUT2D eigenvalue weighted by Gasteiger charge is -2.16. The number of carbonyl (C=O) groups is 2. The van der Waals surface area contributed by atoms with Crippen molar-refractivity contribution < 1.29 is 19.1 Å². The Hall–Kier alpha value is -1.75. The van der Waals surface area contributed by atoms with E-state index < -0.39 is 5.97 Å². The highest BCUT2D eigenvalue weighted by Gasteiger charge is 2.13. The van der Waals surface area contributed by atoms with Gasteiger partial charge in [0.1, 0.15) is 12.3 Å². The molecule has 0 saturated carbocycles. The molecule has 0 spiro atoms. The number of nitrogens with one attached hydrogen (secondary N) is 1. The minimum absolute atomic E-state index is 0.170. The van der Waals surface area contributed by atoms with E-state index in [2.05, 4.69) is 5.32 Å². The number of benzene rings is 1. The van der Waals surface area contributed by atoms with E-state index in [0.29, 0.717) is 10.8 Å². The van der Waals surface area contributed by atoms with Gasteiger partial charge >= 0.3 is 5.97 Å². The van der Waals surface area contributed by atoms with Crippen molar-refractivity contribution in [1.82, 2.24) is 5.32 Å². The molecule has 1 N–H and O–H groups in total. The molecule has 0 radical (unpaired) electrons. The minimum atomic E-state index is -0.474. The second-order valence-corrected chi connectivity index (χ2v) is 6.31. The van der Waals surface area contributed by atoms with Crippen LogP contribution in [-0.2, 0) is 14.3 Å². The number of hydrogen-bond donors (Lipinski definition) is 1. The van der Waals surface area contributed by atoms with Crippen molar-refractivity contribution in [2.45, 2.75) is 46.6 Å². The van der Waals surface area contributed by atoms with Crippen LogP contribution in [0.5, 0.6) is 5.75 Å². The standard InChI is InChI=1S/C17H24ClNO4/c1-10(2)13-7-14(18)12(5)6-15(13)22-9-16(20)19-8-17(21)23-11(3)4/h6-7,10-11H,8-9H2,1-5H3,(H,19,20). The first kappa shape index (κ1) is 19.3. The number of rotatable bonds is 7. The maximum Gasteiger partial charge on any atom is 0.325 e. The highest BCUT2D eigenvalue weighted by atomic mass is 35.5. The van der Waals surface area contributed by atoms with Gasteiger partial charge in [0, 0.05) is 5.02 Å². The molecule has 0 saturated heterocycles. The SMILES string of the molecule is Cc1cc(OCC(=O)NCC(=O)OC(C)C)c(C(C)C)cc1Cl. The summed E-state index contributed by atoms with van der Waals surface area (Å²) in [5, 5.41) is 3.14. The minimum Gasteiger partial charge on any atom is -0.483 e. The van der Waals surface area contributed by atoms with Crippen molar-refractivity contribution >= 4 is 23.5 Å². The monoisotopic (exact) mass is 341 g/mol. The molecule has 0 aliphatic rings. The Morgan fingerprint density at radius 2 is 1.87 bits per heavy atom. The first-order valence-electron chi connectivity index (χ1n) is 7.59. The Morgan fingerprint density at radius 1 is 1.22 bits per heavy atom. The van der Waals surface area contributed by atoms with Gasteiger partial charge in [-0.05, 0) is 49.9 Å². The van der Waals surface area contributed by atoms with Gasteiger partial charge in [-0.2, -0.15) is 0 Å². The molecule has 0 heterocycles. The lowest BCUT2D eigenvalue weighted by Crippen LogP contribution is -2.35. The van der Waals surface area contributed by atoms with Crippen LogP contribution in [0.3, 0.4) is 0 Å². The summed E-state index contributed by atoms with van der Waals surface area (Å²) in [6.07, 6.45) is -0.207. The molecule has 0 unspecified atom stereocenters. The fraction of sp³-hybridized carbons (Fsp3) is 0.529. The number of amides is 1. The van der Waals surface area contributed by atoms with Crippen molar-refractivity contribution in [1.29, 1.82) is 0 Å². The van der Waals surface area contributed by atoms with Gasteiger partial charge in [-0.25, -0.2) is 0 Å². The van der Waals surface area contributed by atoms with Gasteiger partial charge in [-0.3, -0.25) is 9.59 Å². The Labute approximate surface area is 142 Å². The van der Waals surface area contributed by atoms with E-state index in [0.717, 1.165) is 11.1 Å². The average molecular weight is 342 g/mol. The zero-order valence-corrected chi connectivity index (χ0v) is 15.0. The lowest BCUT2D eigenvalue weighted by atomic mass is 10.0. The zero-order chi connectivity index (χ0) is 17.6. The zero-order valence-electron chi connectivity index (χ0n) is 14.2. The normalized spacial score (nSPS) is 10.8. The summed E-state index contributed by atoms with van der Waals surface area (Å²) in [6, 6.07) is 3.67. The molecule has 1 aromatic rings. The van der Waals surface area contributed by atoms with E-state index in [9.17, 15) is 9.59 Å². The molecule has 0 bridgehead atoms. The molecule has 0 atom stereocenters. The largest absolute Gasteiger partial charge is 0.483 e. The van der Waals surface area contributed by atoms with E-state index >= 15 is 0 Å². The quantitative estimate of drug-likeness (QED) is 0.773. The second kappa shape index (κ2) is 8.77. The summed E-state index contributed by atoms with van der Waals surface area (Å²) >= 11 is 6.13. The molecule has 0 fully saturated rings. The van der Waals surface area contributed by atoms with Crippen molar-refractivity contribution in [2.75, 3.05) is 13.2 Å². The molecule has 128 valence electrons. The van der Waals surface area contributed by atoms with Gasteiger partial charge in [0.25, 0.3) is 5.91 Å². The van der Waals surface area contributed by atoms with Crippen LogP contribution < -0.4 is 10.1 Å². The Bertz CT molecular complexity index is 570. The highest BCUT2D eigenvalue weighted by molar-refractivity contribution is 6.31. The fourth-order valence-corrected chi connectivity index (χ4v) is 2.09. The summed E-state index contributed by atoms with van der Waals surface area (Å²) in [5.41, 5.74) is 1.82. The van der Waals surface area contributed by atoms with Crippen molar-refractivity contribution in [2.24, 2.45) is 0 Å². The molecular weight excluding hydrogens is 318 g/mol. The van der Waals surface area contributed by atoms with Crippen LogP contribution in [-0.4, -0.2) is 31.1 Å². The van der Waals surface area contributed by atoms with Crippen molar-refractivity contribution in [3.63, 3.8) is 0 Å². The van der Waals surface area contributed by atoms with Gasteiger partial charge < -0.3 is 14.8 Å². The van der Waals surface area contributed by atoms with Crippen LogP contribution in [0.15, 0.2) is 12.1 Å². The molecule has 1 amide bonds. The van der Waals surface area contributed by atoms with Crippen LogP contribution in [0.4, 0.5) is 0 Å². The van der Waals surface area contributed by atoms with Crippen molar-refractivity contribution in [3.05, 3.63) is 28.3 Å². The summed E-state index contributed by atoms with van der Waals surface area (Å²) in [6.45, 7) is 9.08. The Balaban J connectivity index is 2.59. The van der Waals surface area contributed by atoms with E-state index in [1.165, 1.54) is 0 Å². The molecule has 1 aromatic carbocycles. The maximum atomic E-state index is 11.8. The second-order valence-electron chi connectivity index (χ2n) is 5.90. The molecule has 0 aromatic heterocycles. The van der Waals surface area contributed by atoms with Gasteiger partial charge in [-0.1, -0.05) is 25.4 Å². The first-order chi connectivity index (χ1) is 10.7. The van der Waals surface area contributed by atoms with E-state index in [1.54, 1.807) is 13.8 Å². The highest BCUT2D eigenvalue weighted by Crippen LogP contribution is 2.31. The molecule has 6 heteroatoms. The number of carbonyl (C=O) groups excluding carboxylic acids is 2. The average Bonchev–Trinajstić information content (AvgIpc) is 2.44. The summed E-state index contributed by atoms with van der Waals surface area (Å²) in [5.74, 6) is -0.0134. The Kier molecular flexibility index (Phi) is 7.36. The number of halogens is 1. The van der Waals surface area contributed by atoms with Crippen LogP contribution in [0, 0.1) is 6.92 Å². The molecular formula is C17H24ClNO4. The maximum absolute atomic E-state index is 11.8. The lowest BCUT2D eigenvalue weighted by molar-refractivity contribution is -0.147. The molecule has 23 heavy (non-hydrogen) atoms. The molecule has 1 rings (SSSR count). The van der Waals surface area contributed by atoms with Gasteiger partial charge in [0.15, 0.2) is 6.61 Å². The summed E-state index contributed by atoms with van der Waals surface area (Å²) < 4.78 is 10.5. The third-order valence-corrected chi connectivity index (χ3v) is 3.48. The van der Waals surface area contributed by atoms with Gasteiger partial charge in [-0.15, -0.1) is 0 Å². The number of aryl methyl sites for hydroxylation is 1.